The third-order valence-electron chi connectivity index (χ3n) is 2.38. The predicted octanol–water partition coefficient (Wildman–Crippen LogP) is 1.45. The van der Waals surface area contributed by atoms with Crippen LogP contribution in [0.5, 0.6) is 0 Å². The molecule has 68 valence electrons. The topological polar surface area (TPSA) is 47.6 Å². The number of aryl methyl sites for hydroxylation is 2. The average molecular weight is 176 g/mol. The molecule has 0 unspecified atom stereocenters. The molecule has 3 heteroatoms. The molecule has 3 nitrogen and oxygen atoms in total. The highest BCUT2D eigenvalue weighted by atomic mass is 16.6. The van der Waals surface area contributed by atoms with Gasteiger partial charge in [-0.25, -0.2) is 0 Å². The first-order valence-corrected chi connectivity index (χ1v) is 4.24. The third-order valence-corrected chi connectivity index (χ3v) is 2.38. The molecule has 1 aliphatic rings. The van der Waals surface area contributed by atoms with Gasteiger partial charge in [0.15, 0.2) is 5.84 Å². The number of rotatable bonds is 0. The highest BCUT2D eigenvalue weighted by molar-refractivity contribution is 5.99. The maximum Gasteiger partial charge on any atom is 0.170 e. The van der Waals surface area contributed by atoms with Crippen molar-refractivity contribution in [3.05, 3.63) is 34.4 Å². The first-order chi connectivity index (χ1) is 6.18. The second-order valence-corrected chi connectivity index (χ2v) is 3.34. The lowest BCUT2D eigenvalue weighted by Gasteiger charge is -2.15. The van der Waals surface area contributed by atoms with E-state index < -0.39 is 0 Å². The molecule has 0 fully saturated rings. The van der Waals surface area contributed by atoms with E-state index in [0.29, 0.717) is 12.4 Å². The van der Waals surface area contributed by atoms with E-state index >= 15 is 0 Å². The van der Waals surface area contributed by atoms with Gasteiger partial charge in [-0.2, -0.15) is 0 Å². The predicted molar refractivity (Wildman–Crippen MR) is 51.4 cm³/mol. The number of fused-ring (bicyclic) bond motifs is 1. The summed E-state index contributed by atoms with van der Waals surface area (Å²) in [5.41, 5.74) is 10.3. The molecule has 0 atom stereocenters. The van der Waals surface area contributed by atoms with E-state index in [1.807, 2.05) is 0 Å². The molecular weight excluding hydrogens is 164 g/mol. The number of hydrogen-bond acceptors (Lipinski definition) is 3. The summed E-state index contributed by atoms with van der Waals surface area (Å²) in [6, 6.07) is 4.16. The van der Waals surface area contributed by atoms with Gasteiger partial charge in [-0.3, -0.25) is 0 Å². The Balaban J connectivity index is 2.61. The summed E-state index contributed by atoms with van der Waals surface area (Å²) in [5.74, 6) is 0.476. The molecule has 2 rings (SSSR count). The molecule has 1 aliphatic heterocycles. The summed E-state index contributed by atoms with van der Waals surface area (Å²) in [6.45, 7) is 4.67. The van der Waals surface area contributed by atoms with Gasteiger partial charge in [0.25, 0.3) is 0 Å². The Morgan fingerprint density at radius 2 is 2.00 bits per heavy atom. The molecule has 13 heavy (non-hydrogen) atoms. The molecule has 0 aliphatic carbocycles. The number of hydrogen-bond donors (Lipinski definition) is 1. The van der Waals surface area contributed by atoms with E-state index in [4.69, 9.17) is 10.6 Å². The van der Waals surface area contributed by atoms with Crippen molar-refractivity contribution < 1.29 is 4.84 Å². The van der Waals surface area contributed by atoms with Gasteiger partial charge in [0, 0.05) is 11.1 Å². The van der Waals surface area contributed by atoms with Gasteiger partial charge in [-0.1, -0.05) is 11.2 Å². The molecule has 0 bridgehead atoms. The lowest BCUT2D eigenvalue weighted by Crippen LogP contribution is -2.20. The van der Waals surface area contributed by atoms with Crippen molar-refractivity contribution in [1.29, 1.82) is 0 Å². The molecule has 1 heterocycles. The zero-order valence-corrected chi connectivity index (χ0v) is 7.79. The van der Waals surface area contributed by atoms with Gasteiger partial charge >= 0.3 is 0 Å². The second kappa shape index (κ2) is 2.76. The number of nitrogens with zero attached hydrogens (tertiary/aromatic N) is 1. The summed E-state index contributed by atoms with van der Waals surface area (Å²) >= 11 is 0. The highest BCUT2D eigenvalue weighted by Crippen LogP contribution is 2.19. The summed E-state index contributed by atoms with van der Waals surface area (Å²) in [7, 11) is 0. The summed E-state index contributed by atoms with van der Waals surface area (Å²) < 4.78 is 0. The monoisotopic (exact) mass is 176 g/mol. The molecule has 2 N–H and O–H groups in total. The Hall–Kier alpha value is -1.51. The number of benzene rings is 1. The molecule has 0 aromatic heterocycles. The van der Waals surface area contributed by atoms with Crippen LogP contribution in [0.1, 0.15) is 22.3 Å². The summed E-state index contributed by atoms with van der Waals surface area (Å²) in [6.07, 6.45) is 0. The SMILES string of the molecule is Cc1cc2c(cc1C)C(N)=NOC2. The van der Waals surface area contributed by atoms with Crippen LogP contribution < -0.4 is 5.73 Å². The molecule has 0 spiro atoms. The maximum atomic E-state index is 5.69. The van der Waals surface area contributed by atoms with Gasteiger partial charge in [-0.05, 0) is 31.0 Å². The van der Waals surface area contributed by atoms with Gasteiger partial charge in [0.1, 0.15) is 6.61 Å². The Morgan fingerprint density at radius 1 is 1.31 bits per heavy atom. The zero-order valence-electron chi connectivity index (χ0n) is 7.79. The van der Waals surface area contributed by atoms with Crippen molar-refractivity contribution in [2.45, 2.75) is 20.5 Å². The third kappa shape index (κ3) is 1.26. The minimum Gasteiger partial charge on any atom is -0.389 e. The fraction of sp³-hybridized carbons (Fsp3) is 0.300. The highest BCUT2D eigenvalue weighted by Gasteiger charge is 2.13. The number of nitrogens with two attached hydrogens (primary N) is 1. The quantitative estimate of drug-likeness (QED) is 0.650. The average Bonchev–Trinajstić information content (AvgIpc) is 2.09. The normalized spacial score (nSPS) is 14.5. The van der Waals surface area contributed by atoms with Crippen LogP contribution in [0.4, 0.5) is 0 Å². The standard InChI is InChI=1S/C10H12N2O/c1-6-3-8-5-13-12-10(11)9(8)4-7(6)2/h3-4H,5H2,1-2H3,(H2,11,12). The van der Waals surface area contributed by atoms with Crippen molar-refractivity contribution in [2.75, 3.05) is 0 Å². The number of amidine groups is 1. The van der Waals surface area contributed by atoms with Crippen molar-refractivity contribution in [1.82, 2.24) is 0 Å². The van der Waals surface area contributed by atoms with Crippen molar-refractivity contribution in [2.24, 2.45) is 10.9 Å². The van der Waals surface area contributed by atoms with Gasteiger partial charge in [0.05, 0.1) is 0 Å². The van der Waals surface area contributed by atoms with Crippen molar-refractivity contribution >= 4 is 5.84 Å². The first kappa shape index (κ1) is 8.10. The lowest BCUT2D eigenvalue weighted by molar-refractivity contribution is 0.125. The van der Waals surface area contributed by atoms with E-state index in [9.17, 15) is 0 Å². The molecule has 0 amide bonds. The molecule has 0 radical (unpaired) electrons. The van der Waals surface area contributed by atoms with Crippen LogP contribution in [-0.4, -0.2) is 5.84 Å². The molecule has 0 saturated heterocycles. The maximum absolute atomic E-state index is 5.69. The van der Waals surface area contributed by atoms with Crippen LogP contribution in [0.25, 0.3) is 0 Å². The van der Waals surface area contributed by atoms with E-state index in [1.54, 1.807) is 0 Å². The Morgan fingerprint density at radius 3 is 2.77 bits per heavy atom. The van der Waals surface area contributed by atoms with Crippen LogP contribution in [0.15, 0.2) is 17.3 Å². The van der Waals surface area contributed by atoms with Crippen LogP contribution in [0.3, 0.4) is 0 Å². The lowest BCUT2D eigenvalue weighted by atomic mass is 9.99. The van der Waals surface area contributed by atoms with E-state index in [-0.39, 0.29) is 0 Å². The second-order valence-electron chi connectivity index (χ2n) is 3.34. The Labute approximate surface area is 77.2 Å². The molecule has 1 aromatic rings. The fourth-order valence-electron chi connectivity index (χ4n) is 1.45. The zero-order chi connectivity index (χ0) is 9.42. The molecule has 1 aromatic carbocycles. The Bertz CT molecular complexity index is 383. The smallest absolute Gasteiger partial charge is 0.170 e. The molecular formula is C10H12N2O. The van der Waals surface area contributed by atoms with E-state index in [0.717, 1.165) is 11.1 Å². The summed E-state index contributed by atoms with van der Waals surface area (Å²) in [5, 5.41) is 3.74. The minimum atomic E-state index is 0.476. The summed E-state index contributed by atoms with van der Waals surface area (Å²) in [4.78, 5) is 4.97. The van der Waals surface area contributed by atoms with E-state index in [2.05, 4.69) is 31.1 Å². The van der Waals surface area contributed by atoms with Crippen LogP contribution in [0.2, 0.25) is 0 Å². The van der Waals surface area contributed by atoms with Gasteiger partial charge < -0.3 is 10.6 Å². The van der Waals surface area contributed by atoms with Gasteiger partial charge in [-0.15, -0.1) is 0 Å². The van der Waals surface area contributed by atoms with Crippen LogP contribution in [0, 0.1) is 13.8 Å². The Kier molecular flexibility index (Phi) is 1.72. The van der Waals surface area contributed by atoms with Crippen molar-refractivity contribution in [3.8, 4) is 0 Å². The van der Waals surface area contributed by atoms with Crippen LogP contribution >= 0.6 is 0 Å². The van der Waals surface area contributed by atoms with E-state index in [1.165, 1.54) is 11.1 Å². The fourth-order valence-corrected chi connectivity index (χ4v) is 1.45. The minimum absolute atomic E-state index is 0.476. The van der Waals surface area contributed by atoms with Crippen LogP contribution in [-0.2, 0) is 11.4 Å². The molecule has 0 saturated carbocycles. The van der Waals surface area contributed by atoms with Crippen molar-refractivity contribution in [3.63, 3.8) is 0 Å². The van der Waals surface area contributed by atoms with Gasteiger partial charge in [0.2, 0.25) is 0 Å². The first-order valence-electron chi connectivity index (χ1n) is 4.24. The largest absolute Gasteiger partial charge is 0.389 e. The number of oxime groups is 1.